The molecule has 0 aliphatic carbocycles. The van der Waals surface area contributed by atoms with Crippen molar-refractivity contribution in [2.24, 2.45) is 0 Å². The van der Waals surface area contributed by atoms with Crippen molar-refractivity contribution in [1.82, 2.24) is 4.98 Å². The summed E-state index contributed by atoms with van der Waals surface area (Å²) in [6, 6.07) is 11.7. The molecule has 25 heavy (non-hydrogen) atoms. The van der Waals surface area contributed by atoms with Gasteiger partial charge in [-0.3, -0.25) is 10.1 Å². The number of nitrogens with zero attached hydrogens (tertiary/aromatic N) is 2. The van der Waals surface area contributed by atoms with E-state index in [1.165, 1.54) is 23.5 Å². The van der Waals surface area contributed by atoms with Crippen molar-refractivity contribution >= 4 is 56.5 Å². The molecule has 0 fully saturated rings. The SMILES string of the molecule is O=C([O-])C/C(=C\c1ccc(Cl)c([N+](=O)[O-])c1)c1nc2ccccc2s1. The fraction of sp³-hybridized carbons (Fsp3) is 0.0588. The number of thiazole rings is 1. The quantitative estimate of drug-likeness (QED) is 0.503. The van der Waals surface area contributed by atoms with Gasteiger partial charge in [-0.05, 0) is 35.4 Å². The second kappa shape index (κ2) is 7.00. The monoisotopic (exact) mass is 373 g/mol. The number of carbonyl (C=O) groups excluding carboxylic acids is 1. The Balaban J connectivity index is 2.09. The van der Waals surface area contributed by atoms with E-state index in [-0.39, 0.29) is 17.1 Å². The molecule has 0 saturated heterocycles. The number of nitro benzene ring substituents is 1. The van der Waals surface area contributed by atoms with Crippen molar-refractivity contribution in [3.8, 4) is 0 Å². The first-order valence-electron chi connectivity index (χ1n) is 7.14. The number of carboxylic acids is 1. The van der Waals surface area contributed by atoms with Crippen molar-refractivity contribution < 1.29 is 14.8 Å². The van der Waals surface area contributed by atoms with E-state index in [0.29, 0.717) is 16.1 Å². The van der Waals surface area contributed by atoms with Crippen LogP contribution in [0.4, 0.5) is 5.69 Å². The molecule has 3 rings (SSSR count). The summed E-state index contributed by atoms with van der Waals surface area (Å²) in [6.45, 7) is 0. The Hall–Kier alpha value is -2.77. The summed E-state index contributed by atoms with van der Waals surface area (Å²) in [6.07, 6.45) is 1.20. The number of aliphatic carboxylic acids is 1. The molecule has 6 nitrogen and oxygen atoms in total. The number of nitro groups is 1. The highest BCUT2D eigenvalue weighted by Gasteiger charge is 2.14. The smallest absolute Gasteiger partial charge is 0.288 e. The number of hydrogen-bond donors (Lipinski definition) is 0. The van der Waals surface area contributed by atoms with E-state index in [4.69, 9.17) is 11.6 Å². The number of aromatic nitrogens is 1. The first kappa shape index (κ1) is 17.1. The summed E-state index contributed by atoms with van der Waals surface area (Å²) >= 11 is 7.16. The van der Waals surface area contributed by atoms with E-state index in [9.17, 15) is 20.0 Å². The Morgan fingerprint density at radius 1 is 1.28 bits per heavy atom. The molecule has 0 saturated carbocycles. The predicted molar refractivity (Wildman–Crippen MR) is 95.2 cm³/mol. The number of para-hydroxylation sites is 1. The van der Waals surface area contributed by atoms with Crippen LogP contribution in [0.3, 0.4) is 0 Å². The first-order valence-corrected chi connectivity index (χ1v) is 8.34. The number of carbonyl (C=O) groups is 1. The van der Waals surface area contributed by atoms with Gasteiger partial charge in [0.2, 0.25) is 0 Å². The molecule has 0 bridgehead atoms. The minimum Gasteiger partial charge on any atom is -0.550 e. The zero-order valence-electron chi connectivity index (χ0n) is 12.6. The summed E-state index contributed by atoms with van der Waals surface area (Å²) in [5.41, 5.74) is 1.39. The number of benzene rings is 2. The van der Waals surface area contributed by atoms with Gasteiger partial charge in [0.05, 0.1) is 15.1 Å². The van der Waals surface area contributed by atoms with Crippen molar-refractivity contribution in [1.29, 1.82) is 0 Å². The standard InChI is InChI=1S/C17H11ClN2O4S/c18-12-6-5-10(8-14(12)20(23)24)7-11(9-16(21)22)17-19-13-3-1-2-4-15(13)25-17/h1-8H,9H2,(H,21,22)/p-1/b11-7+. The van der Waals surface area contributed by atoms with Gasteiger partial charge in [0, 0.05) is 18.5 Å². The summed E-state index contributed by atoms with van der Waals surface area (Å²) in [5, 5.41) is 22.7. The number of hydrogen-bond acceptors (Lipinski definition) is 6. The van der Waals surface area contributed by atoms with Gasteiger partial charge < -0.3 is 9.90 Å². The molecule has 1 aromatic heterocycles. The molecule has 0 N–H and O–H groups in total. The number of fused-ring (bicyclic) bond motifs is 1. The lowest BCUT2D eigenvalue weighted by Crippen LogP contribution is -2.22. The highest BCUT2D eigenvalue weighted by atomic mass is 35.5. The zero-order chi connectivity index (χ0) is 18.0. The van der Waals surface area contributed by atoms with Crippen LogP contribution < -0.4 is 5.11 Å². The lowest BCUT2D eigenvalue weighted by atomic mass is 10.1. The lowest BCUT2D eigenvalue weighted by Gasteiger charge is -2.06. The van der Waals surface area contributed by atoms with Crippen LogP contribution in [0, 0.1) is 10.1 Å². The summed E-state index contributed by atoms with van der Waals surface area (Å²) in [4.78, 5) is 26.0. The number of rotatable bonds is 5. The minimum atomic E-state index is -1.26. The van der Waals surface area contributed by atoms with E-state index >= 15 is 0 Å². The van der Waals surface area contributed by atoms with Gasteiger partial charge in [-0.1, -0.05) is 29.8 Å². The summed E-state index contributed by atoms with van der Waals surface area (Å²) in [7, 11) is 0. The van der Waals surface area contributed by atoms with Gasteiger partial charge in [0.1, 0.15) is 10.0 Å². The molecule has 0 amide bonds. The molecule has 0 aliphatic rings. The fourth-order valence-electron chi connectivity index (χ4n) is 2.31. The summed E-state index contributed by atoms with van der Waals surface area (Å²) < 4.78 is 0.920. The Bertz CT molecular complexity index is 980. The van der Waals surface area contributed by atoms with E-state index in [1.54, 1.807) is 12.1 Å². The van der Waals surface area contributed by atoms with Crippen LogP contribution in [0.2, 0.25) is 5.02 Å². The Labute approximate surface area is 151 Å². The maximum atomic E-state index is 11.1. The second-order valence-corrected chi connectivity index (χ2v) is 6.61. The largest absolute Gasteiger partial charge is 0.550 e. The van der Waals surface area contributed by atoms with E-state index < -0.39 is 10.9 Å². The van der Waals surface area contributed by atoms with Gasteiger partial charge >= 0.3 is 0 Å². The number of carboxylic acid groups (broad SMARTS) is 1. The Kier molecular flexibility index (Phi) is 4.78. The average Bonchev–Trinajstić information content (AvgIpc) is 2.99. The first-order chi connectivity index (χ1) is 11.9. The van der Waals surface area contributed by atoms with Crippen molar-refractivity contribution in [3.63, 3.8) is 0 Å². The third kappa shape index (κ3) is 3.84. The topological polar surface area (TPSA) is 96.2 Å². The molecule has 3 aromatic rings. The molecular weight excluding hydrogens is 364 g/mol. The third-order valence-electron chi connectivity index (χ3n) is 3.41. The van der Waals surface area contributed by atoms with E-state index in [1.807, 2.05) is 24.3 Å². The molecule has 0 radical (unpaired) electrons. The molecule has 126 valence electrons. The highest BCUT2D eigenvalue weighted by molar-refractivity contribution is 7.19. The molecule has 2 aromatic carbocycles. The Morgan fingerprint density at radius 2 is 2.04 bits per heavy atom. The molecule has 1 heterocycles. The van der Waals surface area contributed by atoms with Crippen LogP contribution >= 0.6 is 22.9 Å². The van der Waals surface area contributed by atoms with Crippen molar-refractivity contribution in [2.75, 3.05) is 0 Å². The van der Waals surface area contributed by atoms with E-state index in [0.717, 1.165) is 10.2 Å². The van der Waals surface area contributed by atoms with Crippen LogP contribution in [0.25, 0.3) is 21.9 Å². The minimum absolute atomic E-state index is 0.0172. The van der Waals surface area contributed by atoms with Crippen molar-refractivity contribution in [3.05, 3.63) is 68.2 Å². The van der Waals surface area contributed by atoms with Crippen LogP contribution in [0.1, 0.15) is 17.0 Å². The average molecular weight is 374 g/mol. The van der Waals surface area contributed by atoms with Crippen LogP contribution in [-0.2, 0) is 4.79 Å². The molecule has 0 spiro atoms. The van der Waals surface area contributed by atoms with Crippen LogP contribution in [0.15, 0.2) is 42.5 Å². The predicted octanol–water partition coefficient (Wildman–Crippen LogP) is 3.54. The molecule has 0 aliphatic heterocycles. The molecule has 0 atom stereocenters. The van der Waals surface area contributed by atoms with Crippen molar-refractivity contribution in [2.45, 2.75) is 6.42 Å². The third-order valence-corrected chi connectivity index (χ3v) is 4.84. The number of halogens is 1. The van der Waals surface area contributed by atoms with Gasteiger partial charge in [-0.2, -0.15) is 0 Å². The van der Waals surface area contributed by atoms with Crippen LogP contribution in [-0.4, -0.2) is 15.9 Å². The van der Waals surface area contributed by atoms with Gasteiger partial charge in [-0.15, -0.1) is 11.3 Å². The van der Waals surface area contributed by atoms with Gasteiger partial charge in [0.15, 0.2) is 0 Å². The lowest BCUT2D eigenvalue weighted by molar-refractivity contribution is -0.384. The second-order valence-electron chi connectivity index (χ2n) is 5.17. The zero-order valence-corrected chi connectivity index (χ0v) is 14.2. The van der Waals surface area contributed by atoms with Crippen LogP contribution in [0.5, 0.6) is 0 Å². The Morgan fingerprint density at radius 3 is 2.72 bits per heavy atom. The van der Waals surface area contributed by atoms with Gasteiger partial charge in [-0.25, -0.2) is 4.98 Å². The summed E-state index contributed by atoms with van der Waals surface area (Å²) in [5.74, 6) is -1.26. The van der Waals surface area contributed by atoms with Gasteiger partial charge in [0.25, 0.3) is 5.69 Å². The maximum absolute atomic E-state index is 11.1. The van der Waals surface area contributed by atoms with E-state index in [2.05, 4.69) is 4.98 Å². The molecular formula is C17H10ClN2O4S-. The molecule has 0 unspecified atom stereocenters. The molecule has 8 heteroatoms. The normalized spacial score (nSPS) is 11.6. The highest BCUT2D eigenvalue weighted by Crippen LogP contribution is 2.32. The fourth-order valence-corrected chi connectivity index (χ4v) is 3.48. The maximum Gasteiger partial charge on any atom is 0.288 e.